The highest BCUT2D eigenvalue weighted by Gasteiger charge is 2.48. The summed E-state index contributed by atoms with van der Waals surface area (Å²) < 4.78 is 6.21. The van der Waals surface area contributed by atoms with Gasteiger partial charge in [-0.25, -0.2) is 0 Å². The maximum Gasteiger partial charge on any atom is 0.106 e. The van der Waals surface area contributed by atoms with Crippen LogP contribution in [-0.4, -0.2) is 68.8 Å². The van der Waals surface area contributed by atoms with Crippen LogP contribution in [0, 0.1) is 29.6 Å². The van der Waals surface area contributed by atoms with Crippen molar-refractivity contribution in [3.05, 3.63) is 0 Å². The van der Waals surface area contributed by atoms with E-state index in [1.54, 1.807) is 6.92 Å². The van der Waals surface area contributed by atoms with Crippen LogP contribution in [-0.2, 0) is 4.74 Å². The fraction of sp³-hybridized carbons (Fsp3) is 1.00. The Kier molecular flexibility index (Phi) is 7.89. The predicted molar refractivity (Wildman–Crippen MR) is 98.4 cm³/mol. The molecule has 0 bridgehead atoms. The van der Waals surface area contributed by atoms with Gasteiger partial charge in [-0.2, -0.15) is 0 Å². The van der Waals surface area contributed by atoms with Gasteiger partial charge in [0.2, 0.25) is 0 Å². The predicted octanol–water partition coefficient (Wildman–Crippen LogP) is 0.924. The second-order valence-electron chi connectivity index (χ2n) is 8.82. The smallest absolute Gasteiger partial charge is 0.106 e. The van der Waals surface area contributed by atoms with Crippen molar-refractivity contribution in [2.75, 3.05) is 6.61 Å². The second kappa shape index (κ2) is 9.30. The van der Waals surface area contributed by atoms with E-state index in [-0.39, 0.29) is 42.6 Å². The van der Waals surface area contributed by atoms with E-state index in [2.05, 4.69) is 20.8 Å². The van der Waals surface area contributed by atoms with Gasteiger partial charge in [-0.1, -0.05) is 40.5 Å². The zero-order valence-electron chi connectivity index (χ0n) is 16.5. The Balaban J connectivity index is 2.16. The lowest BCUT2D eigenvalue weighted by molar-refractivity contribution is -0.216. The first-order valence-electron chi connectivity index (χ1n) is 10.2. The molecule has 0 aliphatic heterocycles. The minimum Gasteiger partial charge on any atom is -0.396 e. The highest BCUT2D eigenvalue weighted by atomic mass is 16.5. The summed E-state index contributed by atoms with van der Waals surface area (Å²) in [7, 11) is 0. The normalized spacial score (nSPS) is 47.3. The van der Waals surface area contributed by atoms with Gasteiger partial charge in [0, 0.05) is 18.4 Å². The molecule has 0 heterocycles. The summed E-state index contributed by atoms with van der Waals surface area (Å²) >= 11 is 0. The summed E-state index contributed by atoms with van der Waals surface area (Å²) in [6.45, 7) is 7.93. The molecule has 6 nitrogen and oxygen atoms in total. The Hall–Kier alpha value is -0.240. The third kappa shape index (κ3) is 4.42. The van der Waals surface area contributed by atoms with Gasteiger partial charge in [-0.3, -0.25) is 0 Å². The van der Waals surface area contributed by atoms with Crippen molar-refractivity contribution in [3.63, 3.8) is 0 Å². The number of hydrogen-bond acceptors (Lipinski definition) is 6. The molecule has 2 aliphatic rings. The summed E-state index contributed by atoms with van der Waals surface area (Å²) in [6, 6.07) is 0. The minimum absolute atomic E-state index is 0.0367. The Morgan fingerprint density at radius 3 is 2.15 bits per heavy atom. The zero-order valence-corrected chi connectivity index (χ0v) is 16.5. The van der Waals surface area contributed by atoms with Crippen molar-refractivity contribution >= 4 is 0 Å². The highest BCUT2D eigenvalue weighted by Crippen LogP contribution is 2.41. The molecule has 0 aromatic rings. The summed E-state index contributed by atoms with van der Waals surface area (Å²) in [5.41, 5.74) is 0. The largest absolute Gasteiger partial charge is 0.396 e. The quantitative estimate of drug-likeness (QED) is 0.473. The standard InChI is InChI=1S/C20H38O6/c1-5-6-12-8-15(18(24)19(25)16(12)10(2)3)26-20-11(4)17(23)14(22)7-13(20)9-21/h10-25H,5-9H2,1-4H3. The fourth-order valence-corrected chi connectivity index (χ4v) is 5.25. The lowest BCUT2D eigenvalue weighted by atomic mass is 9.67. The lowest BCUT2D eigenvalue weighted by Gasteiger charge is -2.48. The van der Waals surface area contributed by atoms with Crippen molar-refractivity contribution in [1.29, 1.82) is 0 Å². The Labute approximate surface area is 157 Å². The molecular formula is C20H38O6. The van der Waals surface area contributed by atoms with E-state index < -0.39 is 36.6 Å². The molecule has 6 heteroatoms. The van der Waals surface area contributed by atoms with Gasteiger partial charge in [0.05, 0.1) is 30.5 Å². The Morgan fingerprint density at radius 2 is 1.62 bits per heavy atom. The molecule has 154 valence electrons. The van der Waals surface area contributed by atoms with Crippen molar-refractivity contribution < 1.29 is 30.3 Å². The van der Waals surface area contributed by atoms with Crippen LogP contribution in [0.4, 0.5) is 0 Å². The lowest BCUT2D eigenvalue weighted by Crippen LogP contribution is -2.57. The Morgan fingerprint density at radius 1 is 0.962 bits per heavy atom. The van der Waals surface area contributed by atoms with Crippen LogP contribution >= 0.6 is 0 Å². The van der Waals surface area contributed by atoms with Gasteiger partial charge in [0.25, 0.3) is 0 Å². The molecule has 26 heavy (non-hydrogen) atoms. The maximum absolute atomic E-state index is 10.7. The van der Waals surface area contributed by atoms with Crippen LogP contribution in [0.2, 0.25) is 0 Å². The minimum atomic E-state index is -0.981. The molecule has 10 unspecified atom stereocenters. The Bertz CT molecular complexity index is 429. The molecule has 10 atom stereocenters. The van der Waals surface area contributed by atoms with Gasteiger partial charge in [0.15, 0.2) is 0 Å². The molecule has 0 radical (unpaired) electrons. The van der Waals surface area contributed by atoms with Crippen molar-refractivity contribution in [2.24, 2.45) is 29.6 Å². The monoisotopic (exact) mass is 374 g/mol. The summed E-state index contributed by atoms with van der Waals surface area (Å²) in [5, 5.41) is 51.3. The molecule has 0 saturated heterocycles. The summed E-state index contributed by atoms with van der Waals surface area (Å²) in [6.07, 6.45) is -1.68. The van der Waals surface area contributed by atoms with Gasteiger partial charge >= 0.3 is 0 Å². The molecule has 0 amide bonds. The first-order valence-corrected chi connectivity index (χ1v) is 10.2. The van der Waals surface area contributed by atoms with E-state index in [0.717, 1.165) is 12.8 Å². The molecule has 0 aromatic carbocycles. The molecule has 2 aliphatic carbocycles. The molecule has 2 fully saturated rings. The summed E-state index contributed by atoms with van der Waals surface area (Å²) in [4.78, 5) is 0. The molecule has 2 rings (SSSR count). The van der Waals surface area contributed by atoms with Crippen LogP contribution in [0.5, 0.6) is 0 Å². The second-order valence-corrected chi connectivity index (χ2v) is 8.82. The third-order valence-corrected chi connectivity index (χ3v) is 6.66. The van der Waals surface area contributed by atoms with Gasteiger partial charge in [-0.05, 0) is 30.6 Å². The van der Waals surface area contributed by atoms with Crippen LogP contribution in [0.1, 0.15) is 53.4 Å². The number of hydrogen-bond donors (Lipinski definition) is 5. The SMILES string of the molecule is CCCC1CC(OC2C(CO)CC(O)C(O)C2C)C(O)C(O)C1C(C)C. The van der Waals surface area contributed by atoms with Gasteiger partial charge < -0.3 is 30.3 Å². The number of aliphatic hydroxyl groups is 5. The van der Waals surface area contributed by atoms with Crippen LogP contribution in [0.3, 0.4) is 0 Å². The van der Waals surface area contributed by atoms with Crippen LogP contribution in [0.25, 0.3) is 0 Å². The zero-order chi connectivity index (χ0) is 19.6. The average Bonchev–Trinajstić information content (AvgIpc) is 2.59. The van der Waals surface area contributed by atoms with Gasteiger partial charge in [0.1, 0.15) is 6.10 Å². The van der Waals surface area contributed by atoms with Crippen LogP contribution < -0.4 is 0 Å². The van der Waals surface area contributed by atoms with Crippen molar-refractivity contribution in [2.45, 2.75) is 90.0 Å². The van der Waals surface area contributed by atoms with Crippen molar-refractivity contribution in [1.82, 2.24) is 0 Å². The molecule has 0 spiro atoms. The average molecular weight is 375 g/mol. The highest BCUT2D eigenvalue weighted by molar-refractivity contribution is 4.97. The molecule has 2 saturated carbocycles. The van der Waals surface area contributed by atoms with E-state index in [1.165, 1.54) is 0 Å². The fourth-order valence-electron chi connectivity index (χ4n) is 5.25. The topological polar surface area (TPSA) is 110 Å². The maximum atomic E-state index is 10.7. The number of rotatable bonds is 6. The van der Waals surface area contributed by atoms with Crippen molar-refractivity contribution in [3.8, 4) is 0 Å². The van der Waals surface area contributed by atoms with Gasteiger partial charge in [-0.15, -0.1) is 0 Å². The van der Waals surface area contributed by atoms with E-state index in [4.69, 9.17) is 4.74 Å². The number of ether oxygens (including phenoxy) is 1. The van der Waals surface area contributed by atoms with E-state index in [1.807, 2.05) is 0 Å². The first-order chi connectivity index (χ1) is 12.2. The summed E-state index contributed by atoms with van der Waals surface area (Å²) in [5.74, 6) is -0.0687. The number of aliphatic hydroxyl groups excluding tert-OH is 5. The third-order valence-electron chi connectivity index (χ3n) is 6.66. The van der Waals surface area contributed by atoms with E-state index in [0.29, 0.717) is 6.42 Å². The van der Waals surface area contributed by atoms with E-state index >= 15 is 0 Å². The molecule has 0 aromatic heterocycles. The first kappa shape index (κ1) is 22.1. The van der Waals surface area contributed by atoms with Crippen LogP contribution in [0.15, 0.2) is 0 Å². The molecule has 5 N–H and O–H groups in total. The van der Waals surface area contributed by atoms with E-state index in [9.17, 15) is 25.5 Å². The molecular weight excluding hydrogens is 336 g/mol.